The molecule has 2 aromatic heterocycles. The minimum absolute atomic E-state index is 0.0150. The summed E-state index contributed by atoms with van der Waals surface area (Å²) in [5.41, 5.74) is 2.58. The van der Waals surface area contributed by atoms with Crippen LogP contribution < -0.4 is 18.9 Å². The second kappa shape index (κ2) is 8.15. The number of imidazole rings is 1. The molecule has 1 N–H and O–H groups in total. The minimum atomic E-state index is -3.89. The van der Waals surface area contributed by atoms with Crippen molar-refractivity contribution in [2.75, 3.05) is 26.1 Å². The Morgan fingerprint density at radius 2 is 1.68 bits per heavy atom. The van der Waals surface area contributed by atoms with E-state index in [1.165, 1.54) is 20.3 Å². The van der Waals surface area contributed by atoms with Crippen molar-refractivity contribution in [3.05, 3.63) is 60.8 Å². The van der Waals surface area contributed by atoms with E-state index in [9.17, 15) is 8.42 Å². The van der Waals surface area contributed by atoms with Gasteiger partial charge in [-0.2, -0.15) is 0 Å². The van der Waals surface area contributed by atoms with Gasteiger partial charge in [-0.25, -0.2) is 17.9 Å². The van der Waals surface area contributed by atoms with Crippen LogP contribution >= 0.6 is 0 Å². The van der Waals surface area contributed by atoms with Gasteiger partial charge < -0.3 is 14.2 Å². The normalized spacial score (nSPS) is 11.3. The second-order valence-corrected chi connectivity index (χ2v) is 8.16. The molecular weight excluding hydrogens is 420 g/mol. The lowest BCUT2D eigenvalue weighted by molar-refractivity contribution is 0.390. The van der Waals surface area contributed by atoms with Crippen LogP contribution in [0.15, 0.2) is 65.7 Å². The minimum Gasteiger partial charge on any atom is -0.497 e. The first-order valence-corrected chi connectivity index (χ1v) is 10.7. The molecule has 160 valence electrons. The fourth-order valence-corrected chi connectivity index (χ4v) is 4.27. The number of benzene rings is 2. The Morgan fingerprint density at radius 1 is 0.903 bits per heavy atom. The van der Waals surface area contributed by atoms with Crippen LogP contribution in [0, 0.1) is 0 Å². The van der Waals surface area contributed by atoms with Gasteiger partial charge in [-0.1, -0.05) is 12.1 Å². The zero-order valence-electron chi connectivity index (χ0n) is 17.1. The van der Waals surface area contributed by atoms with E-state index in [4.69, 9.17) is 14.2 Å². The van der Waals surface area contributed by atoms with Crippen molar-refractivity contribution >= 4 is 21.4 Å². The Morgan fingerprint density at radius 3 is 2.35 bits per heavy atom. The molecule has 2 aromatic carbocycles. The van der Waals surface area contributed by atoms with Crippen LogP contribution in [0.25, 0.3) is 16.9 Å². The summed E-state index contributed by atoms with van der Waals surface area (Å²) in [6.45, 7) is 0. The first kappa shape index (κ1) is 20.5. The molecule has 0 aliphatic heterocycles. The summed E-state index contributed by atoms with van der Waals surface area (Å²) in [4.78, 5) is 4.51. The molecule has 0 saturated heterocycles. The van der Waals surface area contributed by atoms with E-state index >= 15 is 0 Å². The maximum Gasteiger partial charge on any atom is 0.265 e. The molecule has 9 nitrogen and oxygen atoms in total. The average Bonchev–Trinajstić information content (AvgIpc) is 3.22. The number of ether oxygens (including phenoxy) is 3. The molecule has 10 heteroatoms. The van der Waals surface area contributed by atoms with Crippen molar-refractivity contribution in [3.8, 4) is 28.6 Å². The van der Waals surface area contributed by atoms with Crippen molar-refractivity contribution in [3.63, 3.8) is 0 Å². The van der Waals surface area contributed by atoms with Gasteiger partial charge in [0.25, 0.3) is 10.0 Å². The van der Waals surface area contributed by atoms with Gasteiger partial charge in [0.2, 0.25) is 5.88 Å². The third-order valence-electron chi connectivity index (χ3n) is 4.60. The fraction of sp³-hybridized carbons (Fsp3) is 0.143. The summed E-state index contributed by atoms with van der Waals surface area (Å²) in [6.07, 6.45) is 1.78. The maximum absolute atomic E-state index is 12.9. The first-order valence-electron chi connectivity index (χ1n) is 9.19. The standard InChI is InChI=1S/C21H20N4O5S/c1-28-16-8-9-18(29-2)19(12-16)31(26,27)24-15-6-4-14(5-7-15)17-13-25-20(22-17)10-11-21(23-25)30-3/h4-13,24H,1-3H3. The number of fused-ring (bicyclic) bond motifs is 1. The number of methoxy groups -OCH3 is 3. The molecule has 0 atom stereocenters. The van der Waals surface area contributed by atoms with Gasteiger partial charge in [-0.15, -0.1) is 5.10 Å². The summed E-state index contributed by atoms with van der Waals surface area (Å²) in [5.74, 6) is 1.11. The molecule has 0 aliphatic carbocycles. The van der Waals surface area contributed by atoms with Gasteiger partial charge in [0.15, 0.2) is 5.65 Å². The number of nitrogens with one attached hydrogen (secondary N) is 1. The van der Waals surface area contributed by atoms with Crippen molar-refractivity contribution in [1.29, 1.82) is 0 Å². The van der Waals surface area contributed by atoms with Crippen molar-refractivity contribution < 1.29 is 22.6 Å². The molecule has 0 spiro atoms. The van der Waals surface area contributed by atoms with Crippen molar-refractivity contribution in [1.82, 2.24) is 14.6 Å². The SMILES string of the molecule is COc1ccc(OC)c(S(=O)(=O)Nc2ccc(-c3cn4nc(OC)ccc4n3)cc2)c1. The summed E-state index contributed by atoms with van der Waals surface area (Å²) in [7, 11) is 0.535. The van der Waals surface area contributed by atoms with Crippen LogP contribution in [-0.2, 0) is 10.0 Å². The number of sulfonamides is 1. The highest BCUT2D eigenvalue weighted by Gasteiger charge is 2.21. The van der Waals surface area contributed by atoms with E-state index in [0.717, 1.165) is 5.56 Å². The van der Waals surface area contributed by atoms with Gasteiger partial charge >= 0.3 is 0 Å². The van der Waals surface area contributed by atoms with Gasteiger partial charge in [0, 0.05) is 23.4 Å². The van der Waals surface area contributed by atoms with Crippen LogP contribution in [0.3, 0.4) is 0 Å². The Balaban J connectivity index is 1.60. The van der Waals surface area contributed by atoms with Gasteiger partial charge in [0.1, 0.15) is 16.4 Å². The largest absolute Gasteiger partial charge is 0.497 e. The lowest BCUT2D eigenvalue weighted by Gasteiger charge is -2.13. The number of hydrogen-bond acceptors (Lipinski definition) is 7. The third kappa shape index (κ3) is 4.10. The topological polar surface area (TPSA) is 104 Å². The van der Waals surface area contributed by atoms with Gasteiger partial charge in [0.05, 0.1) is 33.2 Å². The number of aromatic nitrogens is 3. The highest BCUT2D eigenvalue weighted by Crippen LogP contribution is 2.30. The molecule has 0 fully saturated rings. The molecule has 0 amide bonds. The van der Waals surface area contributed by atoms with Crippen molar-refractivity contribution in [2.24, 2.45) is 0 Å². The fourth-order valence-electron chi connectivity index (χ4n) is 3.03. The van der Waals surface area contributed by atoms with E-state index in [1.54, 1.807) is 66.4 Å². The van der Waals surface area contributed by atoms with E-state index < -0.39 is 10.0 Å². The molecule has 0 unspecified atom stereocenters. The molecule has 4 rings (SSSR count). The maximum atomic E-state index is 12.9. The number of nitrogens with zero attached hydrogens (tertiary/aromatic N) is 3. The molecular formula is C21H20N4O5S. The average molecular weight is 440 g/mol. The zero-order chi connectivity index (χ0) is 22.0. The lowest BCUT2D eigenvalue weighted by Crippen LogP contribution is -2.14. The monoisotopic (exact) mass is 440 g/mol. The quantitative estimate of drug-likeness (QED) is 0.470. The number of hydrogen-bond donors (Lipinski definition) is 1. The van der Waals surface area contributed by atoms with Gasteiger partial charge in [-0.05, 0) is 30.3 Å². The smallest absolute Gasteiger partial charge is 0.265 e. The van der Waals surface area contributed by atoms with Crippen molar-refractivity contribution in [2.45, 2.75) is 4.90 Å². The van der Waals surface area contributed by atoms with Crippen LogP contribution in [0.4, 0.5) is 5.69 Å². The highest BCUT2D eigenvalue weighted by molar-refractivity contribution is 7.92. The molecule has 0 bridgehead atoms. The summed E-state index contributed by atoms with van der Waals surface area (Å²) in [5, 5.41) is 4.29. The van der Waals surface area contributed by atoms with E-state index in [-0.39, 0.29) is 10.6 Å². The Kier molecular flexibility index (Phi) is 5.38. The predicted octanol–water partition coefficient (Wildman–Crippen LogP) is 3.22. The summed E-state index contributed by atoms with van der Waals surface area (Å²) >= 11 is 0. The molecule has 0 aliphatic rings. The Labute approximate surface area is 179 Å². The molecule has 0 radical (unpaired) electrons. The summed E-state index contributed by atoms with van der Waals surface area (Å²) < 4.78 is 45.4. The van der Waals surface area contributed by atoms with E-state index in [0.29, 0.717) is 28.7 Å². The molecule has 0 saturated carbocycles. The molecule has 31 heavy (non-hydrogen) atoms. The number of rotatable bonds is 7. The van der Waals surface area contributed by atoms with Crippen LogP contribution in [-0.4, -0.2) is 44.3 Å². The van der Waals surface area contributed by atoms with Gasteiger partial charge in [-0.3, -0.25) is 4.72 Å². The third-order valence-corrected chi connectivity index (χ3v) is 6.00. The van der Waals surface area contributed by atoms with E-state index in [2.05, 4.69) is 14.8 Å². The molecule has 4 aromatic rings. The zero-order valence-corrected chi connectivity index (χ0v) is 17.9. The number of anilines is 1. The van der Waals surface area contributed by atoms with Crippen LogP contribution in [0.2, 0.25) is 0 Å². The lowest BCUT2D eigenvalue weighted by atomic mass is 10.1. The summed E-state index contributed by atoms with van der Waals surface area (Å²) in [6, 6.07) is 15.0. The highest BCUT2D eigenvalue weighted by atomic mass is 32.2. The van der Waals surface area contributed by atoms with Crippen LogP contribution in [0.5, 0.6) is 17.4 Å². The van der Waals surface area contributed by atoms with Crippen LogP contribution in [0.1, 0.15) is 0 Å². The van der Waals surface area contributed by atoms with E-state index in [1.807, 2.05) is 0 Å². The second-order valence-electron chi connectivity index (χ2n) is 6.50. The molecule has 2 heterocycles. The Hall–Kier alpha value is -3.79. The predicted molar refractivity (Wildman–Crippen MR) is 115 cm³/mol. The first-order chi connectivity index (χ1) is 14.9. The Bertz CT molecular complexity index is 1330.